The smallest absolute Gasteiger partial charge is 0.253 e. The standard InChI is InChI=1S/C19H18N4O2/c24-19(15-3-5-16(6-4-15)22-10-1-2-11-22)23-12-8-17(13-23)25-18-7-9-20-14-21-18/h1-7,9-11,14,17H,8,12-13H2. The van der Waals surface area contributed by atoms with Crippen LogP contribution in [0.3, 0.4) is 0 Å². The van der Waals surface area contributed by atoms with Gasteiger partial charge in [-0.15, -0.1) is 0 Å². The van der Waals surface area contributed by atoms with E-state index < -0.39 is 0 Å². The van der Waals surface area contributed by atoms with E-state index in [2.05, 4.69) is 9.97 Å². The first-order valence-corrected chi connectivity index (χ1v) is 8.25. The van der Waals surface area contributed by atoms with Crippen LogP contribution >= 0.6 is 0 Å². The summed E-state index contributed by atoms with van der Waals surface area (Å²) in [4.78, 5) is 22.4. The zero-order valence-electron chi connectivity index (χ0n) is 13.7. The van der Waals surface area contributed by atoms with E-state index >= 15 is 0 Å². The number of likely N-dealkylation sites (tertiary alicyclic amines) is 1. The van der Waals surface area contributed by atoms with Crippen molar-refractivity contribution in [3.8, 4) is 11.6 Å². The fraction of sp³-hybridized carbons (Fsp3) is 0.211. The molecule has 126 valence electrons. The minimum atomic E-state index is -0.0296. The normalized spacial score (nSPS) is 16.8. The van der Waals surface area contributed by atoms with Crippen LogP contribution in [0.4, 0.5) is 0 Å². The lowest BCUT2D eigenvalue weighted by Gasteiger charge is -2.17. The van der Waals surface area contributed by atoms with Gasteiger partial charge in [0, 0.05) is 48.9 Å². The van der Waals surface area contributed by atoms with Crippen LogP contribution in [-0.4, -0.2) is 44.5 Å². The van der Waals surface area contributed by atoms with Crippen molar-refractivity contribution in [2.45, 2.75) is 12.5 Å². The molecule has 3 aromatic rings. The van der Waals surface area contributed by atoms with Gasteiger partial charge < -0.3 is 14.2 Å². The zero-order valence-corrected chi connectivity index (χ0v) is 13.7. The molecule has 6 nitrogen and oxygen atoms in total. The van der Waals surface area contributed by atoms with Crippen LogP contribution in [0.5, 0.6) is 5.88 Å². The zero-order chi connectivity index (χ0) is 17.1. The average Bonchev–Trinajstić information content (AvgIpc) is 3.34. The Bertz CT molecular complexity index is 832. The molecule has 1 saturated heterocycles. The first-order valence-electron chi connectivity index (χ1n) is 8.25. The molecule has 1 amide bonds. The molecule has 1 aliphatic heterocycles. The second-order valence-corrected chi connectivity index (χ2v) is 5.96. The Morgan fingerprint density at radius 3 is 2.64 bits per heavy atom. The Balaban J connectivity index is 1.40. The van der Waals surface area contributed by atoms with Crippen LogP contribution in [0.1, 0.15) is 16.8 Å². The van der Waals surface area contributed by atoms with Crippen molar-refractivity contribution < 1.29 is 9.53 Å². The number of ether oxygens (including phenoxy) is 1. The number of hydrogen-bond acceptors (Lipinski definition) is 4. The molecule has 25 heavy (non-hydrogen) atoms. The summed E-state index contributed by atoms with van der Waals surface area (Å²) in [6.07, 6.45) is 7.83. The number of carbonyl (C=O) groups is 1. The number of nitrogens with zero attached hydrogens (tertiary/aromatic N) is 4. The third kappa shape index (κ3) is 3.38. The van der Waals surface area contributed by atoms with Gasteiger partial charge >= 0.3 is 0 Å². The fourth-order valence-corrected chi connectivity index (χ4v) is 2.99. The van der Waals surface area contributed by atoms with Gasteiger partial charge in [-0.25, -0.2) is 9.97 Å². The molecular weight excluding hydrogens is 316 g/mol. The number of rotatable bonds is 4. The minimum Gasteiger partial charge on any atom is -0.472 e. The monoisotopic (exact) mass is 334 g/mol. The number of amides is 1. The molecule has 2 aromatic heterocycles. The van der Waals surface area contributed by atoms with Gasteiger partial charge in [-0.3, -0.25) is 4.79 Å². The maximum atomic E-state index is 12.7. The van der Waals surface area contributed by atoms with Crippen LogP contribution in [0.25, 0.3) is 5.69 Å². The molecule has 1 atom stereocenters. The van der Waals surface area contributed by atoms with Crippen molar-refractivity contribution in [1.82, 2.24) is 19.4 Å². The summed E-state index contributed by atoms with van der Waals surface area (Å²) in [5, 5.41) is 0. The average molecular weight is 334 g/mol. The lowest BCUT2D eigenvalue weighted by molar-refractivity contribution is 0.0771. The summed E-state index contributed by atoms with van der Waals surface area (Å²) in [6, 6.07) is 13.3. The van der Waals surface area contributed by atoms with Crippen molar-refractivity contribution in [1.29, 1.82) is 0 Å². The van der Waals surface area contributed by atoms with Gasteiger partial charge in [0.15, 0.2) is 0 Å². The van der Waals surface area contributed by atoms with E-state index in [9.17, 15) is 4.79 Å². The Kier molecular flexibility index (Phi) is 4.16. The predicted octanol–water partition coefficient (Wildman–Crippen LogP) is 2.56. The summed E-state index contributed by atoms with van der Waals surface area (Å²) < 4.78 is 7.82. The lowest BCUT2D eigenvalue weighted by atomic mass is 10.2. The van der Waals surface area contributed by atoms with E-state index in [1.165, 1.54) is 6.33 Å². The molecule has 1 aliphatic rings. The van der Waals surface area contributed by atoms with Gasteiger partial charge in [-0.2, -0.15) is 0 Å². The third-order valence-corrected chi connectivity index (χ3v) is 4.29. The van der Waals surface area contributed by atoms with Gasteiger partial charge in [0.1, 0.15) is 12.4 Å². The van der Waals surface area contributed by atoms with E-state index in [1.54, 1.807) is 12.3 Å². The number of hydrogen-bond donors (Lipinski definition) is 0. The highest BCUT2D eigenvalue weighted by molar-refractivity contribution is 5.94. The van der Waals surface area contributed by atoms with E-state index in [0.29, 0.717) is 24.5 Å². The predicted molar refractivity (Wildman–Crippen MR) is 92.7 cm³/mol. The van der Waals surface area contributed by atoms with Crippen LogP contribution in [-0.2, 0) is 0 Å². The summed E-state index contributed by atoms with van der Waals surface area (Å²) >= 11 is 0. The molecule has 0 aliphatic carbocycles. The van der Waals surface area contributed by atoms with Crippen molar-refractivity contribution >= 4 is 5.91 Å². The van der Waals surface area contributed by atoms with Crippen LogP contribution in [0, 0.1) is 0 Å². The molecule has 0 spiro atoms. The number of aromatic nitrogens is 3. The Morgan fingerprint density at radius 2 is 1.92 bits per heavy atom. The van der Waals surface area contributed by atoms with Gasteiger partial charge in [0.2, 0.25) is 5.88 Å². The van der Waals surface area contributed by atoms with Gasteiger partial charge in [0.05, 0.1) is 6.54 Å². The molecule has 1 fully saturated rings. The van der Waals surface area contributed by atoms with Crippen LogP contribution < -0.4 is 4.74 Å². The highest BCUT2D eigenvalue weighted by Gasteiger charge is 2.28. The van der Waals surface area contributed by atoms with Crippen molar-refractivity contribution in [2.75, 3.05) is 13.1 Å². The first kappa shape index (κ1) is 15.4. The fourth-order valence-electron chi connectivity index (χ4n) is 2.99. The van der Waals surface area contributed by atoms with Crippen molar-refractivity contribution in [2.24, 2.45) is 0 Å². The van der Waals surface area contributed by atoms with E-state index in [0.717, 1.165) is 12.1 Å². The number of carbonyl (C=O) groups excluding carboxylic acids is 1. The Morgan fingerprint density at radius 1 is 1.12 bits per heavy atom. The molecular formula is C19H18N4O2. The minimum absolute atomic E-state index is 0.0296. The summed E-state index contributed by atoms with van der Waals surface area (Å²) in [7, 11) is 0. The highest BCUT2D eigenvalue weighted by Crippen LogP contribution is 2.19. The topological polar surface area (TPSA) is 60.2 Å². The van der Waals surface area contributed by atoms with E-state index in [-0.39, 0.29) is 12.0 Å². The third-order valence-electron chi connectivity index (χ3n) is 4.29. The molecule has 6 heteroatoms. The molecule has 1 unspecified atom stereocenters. The maximum Gasteiger partial charge on any atom is 0.253 e. The van der Waals surface area contributed by atoms with E-state index in [4.69, 9.17) is 4.74 Å². The molecule has 0 bridgehead atoms. The maximum absolute atomic E-state index is 12.7. The second kappa shape index (κ2) is 6.76. The molecule has 0 saturated carbocycles. The Labute approximate surface area is 145 Å². The van der Waals surface area contributed by atoms with Gasteiger partial charge in [0.25, 0.3) is 5.91 Å². The second-order valence-electron chi connectivity index (χ2n) is 5.96. The summed E-state index contributed by atoms with van der Waals surface area (Å²) in [5.41, 5.74) is 1.73. The SMILES string of the molecule is O=C(c1ccc(-n2cccc2)cc1)N1CCC(Oc2ccncn2)C1. The number of benzene rings is 1. The van der Waals surface area contributed by atoms with Crippen LogP contribution in [0.2, 0.25) is 0 Å². The summed E-state index contributed by atoms with van der Waals surface area (Å²) in [6.45, 7) is 1.26. The van der Waals surface area contributed by atoms with Crippen molar-refractivity contribution in [3.05, 3.63) is 72.9 Å². The quantitative estimate of drug-likeness (QED) is 0.736. The summed E-state index contributed by atoms with van der Waals surface area (Å²) in [5.74, 6) is 0.582. The molecule has 1 aromatic carbocycles. The Hall–Kier alpha value is -3.15. The molecule has 0 radical (unpaired) electrons. The highest BCUT2D eigenvalue weighted by atomic mass is 16.5. The molecule has 0 N–H and O–H groups in total. The lowest BCUT2D eigenvalue weighted by Crippen LogP contribution is -2.31. The van der Waals surface area contributed by atoms with Crippen molar-refractivity contribution in [3.63, 3.8) is 0 Å². The first-order chi connectivity index (χ1) is 12.3. The largest absolute Gasteiger partial charge is 0.472 e. The van der Waals surface area contributed by atoms with Gasteiger partial charge in [-0.05, 0) is 36.4 Å². The van der Waals surface area contributed by atoms with Crippen LogP contribution in [0.15, 0.2) is 67.4 Å². The molecule has 3 heterocycles. The van der Waals surface area contributed by atoms with E-state index in [1.807, 2.05) is 58.3 Å². The molecule has 4 rings (SSSR count). The van der Waals surface area contributed by atoms with Gasteiger partial charge in [-0.1, -0.05) is 0 Å².